The second kappa shape index (κ2) is 8.68. The minimum atomic E-state index is -0.393. The van der Waals surface area contributed by atoms with Crippen molar-refractivity contribution in [3.8, 4) is 5.69 Å². The molecule has 0 radical (unpaired) electrons. The Morgan fingerprint density at radius 1 is 1.07 bits per heavy atom. The summed E-state index contributed by atoms with van der Waals surface area (Å²) in [6, 6.07) is 14.0. The maximum Gasteiger partial charge on any atom is 0.254 e. The van der Waals surface area contributed by atoms with Gasteiger partial charge in [0, 0.05) is 18.3 Å². The molecular weight excluding hydrogens is 411 g/mol. The first-order chi connectivity index (χ1) is 13.8. The molecule has 0 bridgehead atoms. The number of aromatic nitrogens is 2. The summed E-state index contributed by atoms with van der Waals surface area (Å²) in [5.74, 6) is -0.666. The summed E-state index contributed by atoms with van der Waals surface area (Å²) in [4.78, 5) is 26.3. The van der Waals surface area contributed by atoms with Gasteiger partial charge in [-0.15, -0.1) is 0 Å². The molecule has 6 nitrogen and oxygen atoms in total. The van der Waals surface area contributed by atoms with E-state index in [4.69, 9.17) is 23.2 Å². The van der Waals surface area contributed by atoms with Gasteiger partial charge in [0.05, 0.1) is 33.7 Å². The number of hydrogen-bond acceptors (Lipinski definition) is 3. The largest absolute Gasteiger partial charge is 0.332 e. The SMILES string of the molecule is Cc1cc(C)n(-c2ccc(C(=O)N(C)CC(=O)Nc3c(Cl)cccc3Cl)cc2)n1. The van der Waals surface area contributed by atoms with Gasteiger partial charge < -0.3 is 10.2 Å². The fourth-order valence-electron chi connectivity index (χ4n) is 2.94. The highest BCUT2D eigenvalue weighted by molar-refractivity contribution is 6.39. The van der Waals surface area contributed by atoms with E-state index in [0.717, 1.165) is 17.1 Å². The predicted molar refractivity (Wildman–Crippen MR) is 115 cm³/mol. The zero-order valence-electron chi connectivity index (χ0n) is 16.2. The Kier molecular flexibility index (Phi) is 6.25. The highest BCUT2D eigenvalue weighted by Gasteiger charge is 2.17. The van der Waals surface area contributed by atoms with E-state index in [1.54, 1.807) is 37.4 Å². The number of hydrogen-bond donors (Lipinski definition) is 1. The number of carbonyl (C=O) groups is 2. The molecule has 1 aromatic heterocycles. The molecule has 0 aliphatic heterocycles. The van der Waals surface area contributed by atoms with E-state index in [1.807, 2.05) is 36.7 Å². The van der Waals surface area contributed by atoms with Crippen LogP contribution in [-0.2, 0) is 4.79 Å². The molecule has 8 heteroatoms. The minimum absolute atomic E-state index is 0.139. The quantitative estimate of drug-likeness (QED) is 0.647. The van der Waals surface area contributed by atoms with Crippen molar-refractivity contribution in [2.45, 2.75) is 13.8 Å². The number of amides is 2. The van der Waals surface area contributed by atoms with Crippen LogP contribution in [0.2, 0.25) is 10.0 Å². The zero-order chi connectivity index (χ0) is 21.1. The van der Waals surface area contributed by atoms with E-state index in [0.29, 0.717) is 21.3 Å². The van der Waals surface area contributed by atoms with Crippen molar-refractivity contribution in [3.63, 3.8) is 0 Å². The summed E-state index contributed by atoms with van der Waals surface area (Å²) in [6.45, 7) is 3.76. The van der Waals surface area contributed by atoms with E-state index in [2.05, 4.69) is 10.4 Å². The minimum Gasteiger partial charge on any atom is -0.332 e. The average Bonchev–Trinajstić information content (AvgIpc) is 3.02. The molecule has 0 saturated carbocycles. The van der Waals surface area contributed by atoms with Gasteiger partial charge >= 0.3 is 0 Å². The van der Waals surface area contributed by atoms with Crippen LogP contribution in [0.4, 0.5) is 5.69 Å². The van der Waals surface area contributed by atoms with Crippen molar-refractivity contribution >= 4 is 40.7 Å². The third-order valence-electron chi connectivity index (χ3n) is 4.32. The van der Waals surface area contributed by atoms with Crippen LogP contribution in [0.15, 0.2) is 48.5 Å². The average molecular weight is 431 g/mol. The molecule has 3 aromatic rings. The van der Waals surface area contributed by atoms with Gasteiger partial charge in [-0.1, -0.05) is 29.3 Å². The maximum absolute atomic E-state index is 12.7. The van der Waals surface area contributed by atoms with Gasteiger partial charge in [0.15, 0.2) is 0 Å². The van der Waals surface area contributed by atoms with Crippen molar-refractivity contribution in [1.29, 1.82) is 0 Å². The highest BCUT2D eigenvalue weighted by Crippen LogP contribution is 2.29. The van der Waals surface area contributed by atoms with E-state index in [9.17, 15) is 9.59 Å². The van der Waals surface area contributed by atoms with Crippen LogP contribution >= 0.6 is 23.2 Å². The number of aryl methyl sites for hydroxylation is 2. The molecule has 0 atom stereocenters. The topological polar surface area (TPSA) is 67.2 Å². The van der Waals surface area contributed by atoms with E-state index in [1.165, 1.54) is 4.90 Å². The number of benzene rings is 2. The van der Waals surface area contributed by atoms with Gasteiger partial charge in [0.1, 0.15) is 0 Å². The summed E-state index contributed by atoms with van der Waals surface area (Å²) in [6.07, 6.45) is 0. The molecular formula is C21H20Cl2N4O2. The third kappa shape index (κ3) is 4.78. The zero-order valence-corrected chi connectivity index (χ0v) is 17.8. The van der Waals surface area contributed by atoms with Crippen molar-refractivity contribution in [3.05, 3.63) is 75.5 Å². The third-order valence-corrected chi connectivity index (χ3v) is 4.95. The Morgan fingerprint density at radius 2 is 1.69 bits per heavy atom. The molecule has 150 valence electrons. The Hall–Kier alpha value is -2.83. The number of nitrogens with zero attached hydrogens (tertiary/aromatic N) is 3. The summed E-state index contributed by atoms with van der Waals surface area (Å²) in [5.41, 5.74) is 3.60. The number of carbonyl (C=O) groups excluding carboxylic acids is 2. The normalized spacial score (nSPS) is 10.7. The summed E-state index contributed by atoms with van der Waals surface area (Å²) in [7, 11) is 1.56. The van der Waals surface area contributed by atoms with Crippen molar-refractivity contribution in [2.24, 2.45) is 0 Å². The number of anilines is 1. The Balaban J connectivity index is 1.67. The van der Waals surface area contributed by atoms with Crippen LogP contribution in [0.1, 0.15) is 21.7 Å². The molecule has 0 fully saturated rings. The van der Waals surface area contributed by atoms with Gasteiger partial charge in [0.2, 0.25) is 5.91 Å². The Labute approximate surface area is 179 Å². The smallest absolute Gasteiger partial charge is 0.254 e. The molecule has 0 saturated heterocycles. The molecule has 0 spiro atoms. The Bertz CT molecular complexity index is 1040. The fourth-order valence-corrected chi connectivity index (χ4v) is 3.43. The molecule has 2 amide bonds. The van der Waals surface area contributed by atoms with E-state index in [-0.39, 0.29) is 12.5 Å². The lowest BCUT2D eigenvalue weighted by atomic mass is 10.2. The van der Waals surface area contributed by atoms with Crippen LogP contribution in [0.3, 0.4) is 0 Å². The molecule has 2 aromatic carbocycles. The van der Waals surface area contributed by atoms with E-state index >= 15 is 0 Å². The summed E-state index contributed by atoms with van der Waals surface area (Å²) >= 11 is 12.1. The first-order valence-electron chi connectivity index (χ1n) is 8.89. The number of likely N-dealkylation sites (N-methyl/N-ethyl adjacent to an activating group) is 1. The molecule has 3 rings (SSSR count). The standard InChI is InChI=1S/C21H20Cl2N4O2/c1-13-11-14(2)27(25-13)16-9-7-15(8-10-16)21(29)26(3)12-19(28)24-20-17(22)5-4-6-18(20)23/h4-11H,12H2,1-3H3,(H,24,28). The van der Waals surface area contributed by atoms with Crippen LogP contribution in [0.25, 0.3) is 5.69 Å². The predicted octanol–water partition coefficient (Wildman–Crippen LogP) is 4.51. The van der Waals surface area contributed by atoms with Crippen molar-refractivity contribution < 1.29 is 9.59 Å². The van der Waals surface area contributed by atoms with Gasteiger partial charge in [0.25, 0.3) is 5.91 Å². The molecule has 1 N–H and O–H groups in total. The van der Waals surface area contributed by atoms with Crippen LogP contribution < -0.4 is 5.32 Å². The van der Waals surface area contributed by atoms with Crippen molar-refractivity contribution in [1.82, 2.24) is 14.7 Å². The maximum atomic E-state index is 12.7. The van der Waals surface area contributed by atoms with Crippen LogP contribution in [0.5, 0.6) is 0 Å². The second-order valence-electron chi connectivity index (χ2n) is 6.69. The van der Waals surface area contributed by atoms with Crippen LogP contribution in [-0.4, -0.2) is 40.1 Å². The lowest BCUT2D eigenvalue weighted by Crippen LogP contribution is -2.35. The lowest BCUT2D eigenvalue weighted by Gasteiger charge is -2.18. The number of halogens is 2. The number of nitrogens with one attached hydrogen (secondary N) is 1. The molecule has 0 aliphatic rings. The van der Waals surface area contributed by atoms with Gasteiger partial charge in [-0.25, -0.2) is 4.68 Å². The summed E-state index contributed by atoms with van der Waals surface area (Å²) in [5, 5.41) is 7.74. The van der Waals surface area contributed by atoms with Crippen molar-refractivity contribution in [2.75, 3.05) is 18.9 Å². The first-order valence-corrected chi connectivity index (χ1v) is 9.65. The van der Waals surface area contributed by atoms with Crippen LogP contribution in [0, 0.1) is 13.8 Å². The molecule has 0 unspecified atom stereocenters. The van der Waals surface area contributed by atoms with Gasteiger partial charge in [-0.3, -0.25) is 9.59 Å². The molecule has 1 heterocycles. The van der Waals surface area contributed by atoms with E-state index < -0.39 is 5.91 Å². The highest BCUT2D eigenvalue weighted by atomic mass is 35.5. The monoisotopic (exact) mass is 430 g/mol. The fraction of sp³-hybridized carbons (Fsp3) is 0.190. The lowest BCUT2D eigenvalue weighted by molar-refractivity contribution is -0.116. The second-order valence-corrected chi connectivity index (χ2v) is 7.51. The molecule has 29 heavy (non-hydrogen) atoms. The molecule has 0 aliphatic carbocycles. The Morgan fingerprint density at radius 3 is 2.24 bits per heavy atom. The van der Waals surface area contributed by atoms with Gasteiger partial charge in [-0.2, -0.15) is 5.10 Å². The number of para-hydroxylation sites is 1. The van der Waals surface area contributed by atoms with Gasteiger partial charge in [-0.05, 0) is 56.3 Å². The first kappa shape index (κ1) is 20.9. The summed E-state index contributed by atoms with van der Waals surface area (Å²) < 4.78 is 1.81. The number of rotatable bonds is 5.